The van der Waals surface area contributed by atoms with Crippen LogP contribution in [-0.4, -0.2) is 29.8 Å². The molecule has 0 aromatic heterocycles. The SMILES string of the molecule is CCSC1=NC(=O)CC(=O)N1c1ccc(OC)cc1. The van der Waals surface area contributed by atoms with Gasteiger partial charge in [0.05, 0.1) is 12.8 Å². The summed E-state index contributed by atoms with van der Waals surface area (Å²) in [6.07, 6.45) is -0.181. The molecule has 100 valence electrons. The summed E-state index contributed by atoms with van der Waals surface area (Å²) in [6.45, 7) is 1.95. The normalized spacial score (nSPS) is 15.5. The van der Waals surface area contributed by atoms with E-state index in [1.165, 1.54) is 16.7 Å². The molecule has 0 saturated carbocycles. The van der Waals surface area contributed by atoms with Crippen LogP contribution < -0.4 is 9.64 Å². The summed E-state index contributed by atoms with van der Waals surface area (Å²) in [6, 6.07) is 7.09. The smallest absolute Gasteiger partial charge is 0.257 e. The Morgan fingerprint density at radius 1 is 1.32 bits per heavy atom. The Balaban J connectivity index is 2.35. The maximum Gasteiger partial charge on any atom is 0.257 e. The number of amidine groups is 1. The summed E-state index contributed by atoms with van der Waals surface area (Å²) >= 11 is 1.38. The van der Waals surface area contributed by atoms with Gasteiger partial charge in [0.25, 0.3) is 5.91 Å². The van der Waals surface area contributed by atoms with Gasteiger partial charge in [-0.15, -0.1) is 0 Å². The summed E-state index contributed by atoms with van der Waals surface area (Å²) in [5.41, 5.74) is 0.693. The zero-order valence-corrected chi connectivity index (χ0v) is 11.6. The monoisotopic (exact) mass is 278 g/mol. The van der Waals surface area contributed by atoms with Gasteiger partial charge in [0.2, 0.25) is 5.91 Å². The minimum Gasteiger partial charge on any atom is -0.497 e. The van der Waals surface area contributed by atoms with Gasteiger partial charge in [0.15, 0.2) is 5.17 Å². The van der Waals surface area contributed by atoms with Gasteiger partial charge in [-0.1, -0.05) is 18.7 Å². The number of aliphatic imine (C=N–C) groups is 1. The van der Waals surface area contributed by atoms with Crippen molar-refractivity contribution < 1.29 is 14.3 Å². The van der Waals surface area contributed by atoms with Crippen LogP contribution in [0.5, 0.6) is 5.75 Å². The highest BCUT2D eigenvalue weighted by Gasteiger charge is 2.29. The van der Waals surface area contributed by atoms with Crippen molar-refractivity contribution in [3.63, 3.8) is 0 Å². The number of amides is 2. The van der Waals surface area contributed by atoms with Crippen LogP contribution in [0.4, 0.5) is 5.69 Å². The molecule has 0 radical (unpaired) electrons. The molecule has 0 fully saturated rings. The van der Waals surface area contributed by atoms with E-state index in [1.54, 1.807) is 31.4 Å². The molecule has 0 saturated heterocycles. The largest absolute Gasteiger partial charge is 0.497 e. The van der Waals surface area contributed by atoms with Gasteiger partial charge < -0.3 is 4.74 Å². The molecular weight excluding hydrogens is 264 g/mol. The van der Waals surface area contributed by atoms with Gasteiger partial charge in [-0.3, -0.25) is 14.5 Å². The van der Waals surface area contributed by atoms with Crippen molar-refractivity contribution in [2.75, 3.05) is 17.8 Å². The van der Waals surface area contributed by atoms with Gasteiger partial charge in [-0.05, 0) is 30.0 Å². The fourth-order valence-electron chi connectivity index (χ4n) is 1.72. The van der Waals surface area contributed by atoms with Crippen molar-refractivity contribution in [1.82, 2.24) is 0 Å². The molecule has 1 aliphatic heterocycles. The molecule has 1 heterocycles. The first-order valence-electron chi connectivity index (χ1n) is 5.87. The van der Waals surface area contributed by atoms with Gasteiger partial charge in [-0.25, -0.2) is 0 Å². The number of benzene rings is 1. The third-order valence-electron chi connectivity index (χ3n) is 2.57. The Kier molecular flexibility index (Phi) is 4.21. The summed E-state index contributed by atoms with van der Waals surface area (Å²) in [5.74, 6) is 0.823. The second-order valence-corrected chi connectivity index (χ2v) is 5.06. The topological polar surface area (TPSA) is 59.0 Å². The molecule has 2 rings (SSSR count). The van der Waals surface area contributed by atoms with Crippen molar-refractivity contribution >= 4 is 34.4 Å². The van der Waals surface area contributed by atoms with Crippen LogP contribution in [0.15, 0.2) is 29.3 Å². The van der Waals surface area contributed by atoms with Crippen molar-refractivity contribution in [2.45, 2.75) is 13.3 Å². The molecule has 1 aliphatic rings. The Hall–Kier alpha value is -1.82. The number of anilines is 1. The number of thioether (sulfide) groups is 1. The van der Waals surface area contributed by atoms with Crippen molar-refractivity contribution in [3.05, 3.63) is 24.3 Å². The highest BCUT2D eigenvalue weighted by molar-refractivity contribution is 8.14. The summed E-state index contributed by atoms with van der Waals surface area (Å²) in [5, 5.41) is 0.439. The maximum atomic E-state index is 12.0. The second kappa shape index (κ2) is 5.88. The van der Waals surface area contributed by atoms with Crippen LogP contribution in [0.25, 0.3) is 0 Å². The lowest BCUT2D eigenvalue weighted by atomic mass is 10.2. The van der Waals surface area contributed by atoms with E-state index >= 15 is 0 Å². The molecule has 1 aromatic carbocycles. The van der Waals surface area contributed by atoms with E-state index < -0.39 is 0 Å². The summed E-state index contributed by atoms with van der Waals surface area (Å²) in [7, 11) is 1.58. The van der Waals surface area contributed by atoms with Crippen molar-refractivity contribution in [3.8, 4) is 5.75 Å². The van der Waals surface area contributed by atoms with E-state index in [4.69, 9.17) is 4.74 Å². The minimum atomic E-state index is -0.384. The predicted molar refractivity (Wildman–Crippen MR) is 75.7 cm³/mol. The lowest BCUT2D eigenvalue weighted by molar-refractivity contribution is -0.126. The van der Waals surface area contributed by atoms with Gasteiger partial charge in [-0.2, -0.15) is 4.99 Å². The Morgan fingerprint density at radius 2 is 2.00 bits per heavy atom. The second-order valence-electron chi connectivity index (χ2n) is 3.83. The molecule has 5 nitrogen and oxygen atoms in total. The van der Waals surface area contributed by atoms with E-state index in [0.717, 1.165) is 5.75 Å². The van der Waals surface area contributed by atoms with Crippen LogP contribution in [0.3, 0.4) is 0 Å². The molecule has 0 spiro atoms. The number of nitrogens with zero attached hydrogens (tertiary/aromatic N) is 2. The zero-order valence-electron chi connectivity index (χ0n) is 10.8. The highest BCUT2D eigenvalue weighted by Crippen LogP contribution is 2.25. The van der Waals surface area contributed by atoms with E-state index in [9.17, 15) is 9.59 Å². The molecule has 0 atom stereocenters. The zero-order chi connectivity index (χ0) is 13.8. The van der Waals surface area contributed by atoms with E-state index in [1.807, 2.05) is 6.92 Å². The maximum absolute atomic E-state index is 12.0. The van der Waals surface area contributed by atoms with Gasteiger partial charge >= 0.3 is 0 Å². The van der Waals surface area contributed by atoms with Crippen LogP contribution in [0.2, 0.25) is 0 Å². The van der Waals surface area contributed by atoms with Crippen LogP contribution in [0, 0.1) is 0 Å². The lowest BCUT2D eigenvalue weighted by Crippen LogP contribution is -2.40. The Morgan fingerprint density at radius 3 is 2.58 bits per heavy atom. The number of hydrogen-bond acceptors (Lipinski definition) is 4. The first kappa shape index (κ1) is 13.6. The van der Waals surface area contributed by atoms with Crippen LogP contribution in [-0.2, 0) is 9.59 Å². The van der Waals surface area contributed by atoms with Gasteiger partial charge in [0, 0.05) is 0 Å². The average Bonchev–Trinajstić information content (AvgIpc) is 2.39. The third-order valence-corrected chi connectivity index (χ3v) is 3.39. The number of hydrogen-bond donors (Lipinski definition) is 0. The fourth-order valence-corrected chi connectivity index (χ4v) is 2.48. The van der Waals surface area contributed by atoms with Gasteiger partial charge in [0.1, 0.15) is 12.2 Å². The van der Waals surface area contributed by atoms with E-state index in [2.05, 4.69) is 4.99 Å². The molecule has 0 bridgehead atoms. The molecule has 1 aromatic rings. The Bertz CT molecular complexity index is 525. The third kappa shape index (κ3) is 2.96. The Labute approximate surface area is 115 Å². The standard InChI is InChI=1S/C13H14N2O3S/c1-3-19-13-14-11(16)8-12(17)15(13)9-4-6-10(18-2)7-5-9/h4-7H,3,8H2,1-2H3. The van der Waals surface area contributed by atoms with Crippen LogP contribution in [0.1, 0.15) is 13.3 Å². The fraction of sp³-hybridized carbons (Fsp3) is 0.308. The molecule has 0 unspecified atom stereocenters. The molecule has 6 heteroatoms. The number of carbonyl (C=O) groups excluding carboxylic acids is 2. The van der Waals surface area contributed by atoms with Crippen molar-refractivity contribution in [2.24, 2.45) is 4.99 Å². The molecule has 19 heavy (non-hydrogen) atoms. The highest BCUT2D eigenvalue weighted by atomic mass is 32.2. The minimum absolute atomic E-state index is 0.181. The number of ether oxygens (including phenoxy) is 1. The molecule has 0 aliphatic carbocycles. The lowest BCUT2D eigenvalue weighted by Gasteiger charge is -2.26. The summed E-state index contributed by atoms with van der Waals surface area (Å²) < 4.78 is 5.08. The van der Waals surface area contributed by atoms with E-state index in [0.29, 0.717) is 16.6 Å². The quantitative estimate of drug-likeness (QED) is 0.794. The predicted octanol–water partition coefficient (Wildman–Crippen LogP) is 2.07. The first-order chi connectivity index (χ1) is 9.15. The number of carbonyl (C=O) groups is 2. The average molecular weight is 278 g/mol. The molecule has 2 amide bonds. The summed E-state index contributed by atoms with van der Waals surface area (Å²) in [4.78, 5) is 28.8. The molecular formula is C13H14N2O3S. The van der Waals surface area contributed by atoms with Crippen LogP contribution >= 0.6 is 11.8 Å². The molecule has 0 N–H and O–H groups in total. The number of rotatable bonds is 3. The van der Waals surface area contributed by atoms with E-state index in [-0.39, 0.29) is 18.2 Å². The first-order valence-corrected chi connectivity index (χ1v) is 6.85. The number of methoxy groups -OCH3 is 1. The van der Waals surface area contributed by atoms with Crippen molar-refractivity contribution in [1.29, 1.82) is 0 Å².